The second-order valence-corrected chi connectivity index (χ2v) is 5.82. The first kappa shape index (κ1) is 12.5. The molecule has 2 aliphatic rings. The highest BCUT2D eigenvalue weighted by atomic mass is 16.2. The fraction of sp³-hybridized carbons (Fsp3) is 0.562. The van der Waals surface area contributed by atoms with Gasteiger partial charge in [-0.15, -0.1) is 0 Å². The molecule has 19 heavy (non-hydrogen) atoms. The summed E-state index contributed by atoms with van der Waals surface area (Å²) in [4.78, 5) is 14.3. The summed E-state index contributed by atoms with van der Waals surface area (Å²) in [7, 11) is 0. The molecule has 2 fully saturated rings. The predicted octanol–water partition coefficient (Wildman–Crippen LogP) is 2.75. The SMILES string of the molecule is O=C(CNc1ccccc1)N1CC2CCCCC2C1. The Morgan fingerprint density at radius 1 is 1.11 bits per heavy atom. The molecule has 1 aromatic carbocycles. The quantitative estimate of drug-likeness (QED) is 0.904. The van der Waals surface area contributed by atoms with Gasteiger partial charge in [0.1, 0.15) is 0 Å². The van der Waals surface area contributed by atoms with Gasteiger partial charge >= 0.3 is 0 Å². The number of carbonyl (C=O) groups excluding carboxylic acids is 1. The molecule has 1 N–H and O–H groups in total. The third-order valence-corrected chi connectivity index (χ3v) is 4.55. The van der Waals surface area contributed by atoms with Crippen molar-refractivity contribution in [2.24, 2.45) is 11.8 Å². The van der Waals surface area contributed by atoms with Gasteiger partial charge < -0.3 is 10.2 Å². The van der Waals surface area contributed by atoms with Crippen molar-refractivity contribution in [3.05, 3.63) is 30.3 Å². The standard InChI is InChI=1S/C16H22N2O/c19-16(10-17-15-8-2-1-3-9-15)18-11-13-6-4-5-7-14(13)12-18/h1-3,8-9,13-14,17H,4-7,10-12H2. The summed E-state index contributed by atoms with van der Waals surface area (Å²) in [5.41, 5.74) is 1.02. The topological polar surface area (TPSA) is 32.3 Å². The largest absolute Gasteiger partial charge is 0.376 e. The van der Waals surface area contributed by atoms with Gasteiger partial charge in [-0.3, -0.25) is 4.79 Å². The average molecular weight is 258 g/mol. The zero-order chi connectivity index (χ0) is 13.1. The highest BCUT2D eigenvalue weighted by molar-refractivity contribution is 5.81. The Balaban J connectivity index is 1.51. The second kappa shape index (κ2) is 5.64. The molecule has 0 radical (unpaired) electrons. The molecule has 2 unspecified atom stereocenters. The lowest BCUT2D eigenvalue weighted by atomic mass is 9.82. The Morgan fingerprint density at radius 2 is 1.74 bits per heavy atom. The van der Waals surface area contributed by atoms with Crippen LogP contribution in [0.15, 0.2) is 30.3 Å². The Hall–Kier alpha value is -1.51. The number of anilines is 1. The van der Waals surface area contributed by atoms with Gasteiger partial charge in [0.05, 0.1) is 6.54 Å². The summed E-state index contributed by atoms with van der Waals surface area (Å²) >= 11 is 0. The van der Waals surface area contributed by atoms with Crippen LogP contribution < -0.4 is 5.32 Å². The number of nitrogens with zero attached hydrogens (tertiary/aromatic N) is 1. The normalized spacial score (nSPS) is 26.0. The van der Waals surface area contributed by atoms with Gasteiger partial charge in [-0.25, -0.2) is 0 Å². The van der Waals surface area contributed by atoms with Crippen LogP contribution in [-0.2, 0) is 4.79 Å². The molecule has 1 saturated carbocycles. The van der Waals surface area contributed by atoms with Gasteiger partial charge in [0.15, 0.2) is 0 Å². The fourth-order valence-electron chi connectivity index (χ4n) is 3.45. The van der Waals surface area contributed by atoms with Crippen molar-refractivity contribution in [3.8, 4) is 0 Å². The van der Waals surface area contributed by atoms with E-state index in [1.54, 1.807) is 0 Å². The monoisotopic (exact) mass is 258 g/mol. The van der Waals surface area contributed by atoms with Crippen molar-refractivity contribution in [3.63, 3.8) is 0 Å². The molecule has 1 amide bonds. The minimum absolute atomic E-state index is 0.248. The zero-order valence-electron chi connectivity index (χ0n) is 11.3. The summed E-state index contributed by atoms with van der Waals surface area (Å²) in [6, 6.07) is 9.95. The number of para-hydroxylation sites is 1. The Labute approximate surface area is 115 Å². The number of carbonyl (C=O) groups is 1. The van der Waals surface area contributed by atoms with Crippen LogP contribution in [0.4, 0.5) is 5.69 Å². The lowest BCUT2D eigenvalue weighted by molar-refractivity contribution is -0.128. The van der Waals surface area contributed by atoms with Gasteiger partial charge in [-0.2, -0.15) is 0 Å². The lowest BCUT2D eigenvalue weighted by Gasteiger charge is -2.22. The number of hydrogen-bond donors (Lipinski definition) is 1. The van der Waals surface area contributed by atoms with Gasteiger partial charge in [-0.1, -0.05) is 31.0 Å². The zero-order valence-corrected chi connectivity index (χ0v) is 11.3. The van der Waals surface area contributed by atoms with Crippen LogP contribution in [0.2, 0.25) is 0 Å². The summed E-state index contributed by atoms with van der Waals surface area (Å²) in [5, 5.41) is 3.21. The second-order valence-electron chi connectivity index (χ2n) is 5.82. The number of likely N-dealkylation sites (tertiary alicyclic amines) is 1. The lowest BCUT2D eigenvalue weighted by Crippen LogP contribution is -2.34. The van der Waals surface area contributed by atoms with E-state index in [1.165, 1.54) is 25.7 Å². The van der Waals surface area contributed by atoms with Crippen molar-refractivity contribution in [2.45, 2.75) is 25.7 Å². The van der Waals surface area contributed by atoms with Crippen LogP contribution >= 0.6 is 0 Å². The minimum atomic E-state index is 0.248. The molecule has 0 spiro atoms. The predicted molar refractivity (Wildman–Crippen MR) is 77.0 cm³/mol. The van der Waals surface area contributed by atoms with Crippen LogP contribution in [0.1, 0.15) is 25.7 Å². The van der Waals surface area contributed by atoms with E-state index in [1.807, 2.05) is 30.3 Å². The van der Waals surface area contributed by atoms with Crippen LogP contribution in [0.5, 0.6) is 0 Å². The molecule has 1 aliphatic carbocycles. The molecule has 0 aromatic heterocycles. The molecule has 1 saturated heterocycles. The fourth-order valence-corrected chi connectivity index (χ4v) is 3.45. The van der Waals surface area contributed by atoms with Crippen molar-refractivity contribution in [1.29, 1.82) is 0 Å². The van der Waals surface area contributed by atoms with Gasteiger partial charge in [-0.05, 0) is 36.8 Å². The summed E-state index contributed by atoms with van der Waals surface area (Å²) in [6.07, 6.45) is 5.35. The van der Waals surface area contributed by atoms with E-state index in [0.29, 0.717) is 6.54 Å². The highest BCUT2D eigenvalue weighted by Gasteiger charge is 2.35. The summed E-state index contributed by atoms with van der Waals surface area (Å²) < 4.78 is 0. The van der Waals surface area contributed by atoms with E-state index < -0.39 is 0 Å². The maximum absolute atomic E-state index is 12.2. The molecular formula is C16H22N2O. The van der Waals surface area contributed by atoms with Gasteiger partial charge in [0, 0.05) is 18.8 Å². The molecule has 2 atom stereocenters. The van der Waals surface area contributed by atoms with Crippen molar-refractivity contribution in [1.82, 2.24) is 4.90 Å². The third-order valence-electron chi connectivity index (χ3n) is 4.55. The van der Waals surface area contributed by atoms with Crippen molar-refractivity contribution >= 4 is 11.6 Å². The molecule has 3 heteroatoms. The van der Waals surface area contributed by atoms with E-state index >= 15 is 0 Å². The van der Waals surface area contributed by atoms with E-state index in [-0.39, 0.29) is 5.91 Å². The summed E-state index contributed by atoms with van der Waals surface area (Å²) in [6.45, 7) is 2.39. The maximum atomic E-state index is 12.2. The summed E-state index contributed by atoms with van der Waals surface area (Å²) in [5.74, 6) is 1.79. The maximum Gasteiger partial charge on any atom is 0.241 e. The van der Waals surface area contributed by atoms with Gasteiger partial charge in [0.2, 0.25) is 5.91 Å². The molecule has 1 heterocycles. The van der Waals surface area contributed by atoms with Crippen LogP contribution in [0, 0.1) is 11.8 Å². The number of hydrogen-bond acceptors (Lipinski definition) is 2. The number of rotatable bonds is 3. The third kappa shape index (κ3) is 2.91. The Morgan fingerprint density at radius 3 is 2.37 bits per heavy atom. The Kier molecular flexibility index (Phi) is 3.72. The van der Waals surface area contributed by atoms with Crippen molar-refractivity contribution in [2.75, 3.05) is 25.0 Å². The highest BCUT2D eigenvalue weighted by Crippen LogP contribution is 2.35. The molecule has 0 bridgehead atoms. The van der Waals surface area contributed by atoms with Crippen LogP contribution in [0.25, 0.3) is 0 Å². The molecule has 3 nitrogen and oxygen atoms in total. The number of fused-ring (bicyclic) bond motifs is 1. The number of nitrogens with one attached hydrogen (secondary N) is 1. The number of benzene rings is 1. The molecular weight excluding hydrogens is 236 g/mol. The van der Waals surface area contributed by atoms with Gasteiger partial charge in [0.25, 0.3) is 0 Å². The van der Waals surface area contributed by atoms with E-state index in [0.717, 1.165) is 30.6 Å². The Bertz CT molecular complexity index is 418. The minimum Gasteiger partial charge on any atom is -0.376 e. The average Bonchev–Trinajstić information content (AvgIpc) is 2.90. The first-order chi connectivity index (χ1) is 9.33. The smallest absolute Gasteiger partial charge is 0.241 e. The first-order valence-electron chi connectivity index (χ1n) is 7.39. The van der Waals surface area contributed by atoms with Crippen molar-refractivity contribution < 1.29 is 4.79 Å². The molecule has 1 aliphatic heterocycles. The van der Waals surface area contributed by atoms with Crippen LogP contribution in [-0.4, -0.2) is 30.4 Å². The van der Waals surface area contributed by atoms with Crippen LogP contribution in [0.3, 0.4) is 0 Å². The van der Waals surface area contributed by atoms with E-state index in [9.17, 15) is 4.79 Å². The number of amides is 1. The van der Waals surface area contributed by atoms with E-state index in [2.05, 4.69) is 10.2 Å². The van der Waals surface area contributed by atoms with E-state index in [4.69, 9.17) is 0 Å². The molecule has 1 aromatic rings. The molecule has 102 valence electrons. The first-order valence-corrected chi connectivity index (χ1v) is 7.39. The molecule has 3 rings (SSSR count).